The van der Waals surface area contributed by atoms with Gasteiger partial charge < -0.3 is 10.1 Å². The van der Waals surface area contributed by atoms with E-state index in [9.17, 15) is 4.39 Å². The maximum Gasteiger partial charge on any atom is 0.213 e. The Hall–Kier alpha value is -2.51. The molecular weight excluding hydrogens is 333 g/mol. The van der Waals surface area contributed by atoms with E-state index >= 15 is 0 Å². The van der Waals surface area contributed by atoms with Gasteiger partial charge in [0.25, 0.3) is 0 Å². The number of pyridine rings is 2. The summed E-state index contributed by atoms with van der Waals surface area (Å²) in [5, 5.41) is 3.50. The fourth-order valence-electron chi connectivity index (χ4n) is 3.29. The molecule has 1 saturated heterocycles. The van der Waals surface area contributed by atoms with Crippen LogP contribution in [0, 0.1) is 12.9 Å². The molecule has 1 N–H and O–H groups in total. The molecule has 1 aliphatic heterocycles. The van der Waals surface area contributed by atoms with Crippen LogP contribution in [0.1, 0.15) is 5.69 Å². The van der Waals surface area contributed by atoms with Crippen molar-refractivity contribution >= 4 is 11.5 Å². The molecule has 7 heteroatoms. The highest BCUT2D eigenvalue weighted by Gasteiger charge is 2.17. The van der Waals surface area contributed by atoms with Crippen LogP contribution in [0.5, 0.6) is 0 Å². The number of aryl methyl sites for hydroxylation is 1. The number of rotatable bonds is 5. The number of nitrogens with zero attached hydrogens (tertiary/aromatic N) is 4. The van der Waals surface area contributed by atoms with Crippen LogP contribution >= 0.6 is 0 Å². The van der Waals surface area contributed by atoms with Gasteiger partial charge in [0.1, 0.15) is 17.2 Å². The Morgan fingerprint density at radius 1 is 1.12 bits per heavy atom. The molecule has 26 heavy (non-hydrogen) atoms. The Morgan fingerprint density at radius 2 is 1.92 bits per heavy atom. The monoisotopic (exact) mass is 355 g/mol. The number of morpholine rings is 1. The molecule has 1 fully saturated rings. The van der Waals surface area contributed by atoms with Crippen LogP contribution in [-0.4, -0.2) is 58.7 Å². The van der Waals surface area contributed by atoms with Gasteiger partial charge in [0.2, 0.25) is 5.95 Å². The van der Waals surface area contributed by atoms with Gasteiger partial charge in [0, 0.05) is 31.9 Å². The van der Waals surface area contributed by atoms with Gasteiger partial charge in [-0.1, -0.05) is 12.1 Å². The van der Waals surface area contributed by atoms with Gasteiger partial charge >= 0.3 is 0 Å². The summed E-state index contributed by atoms with van der Waals surface area (Å²) in [6, 6.07) is 10.7. The average Bonchev–Trinajstić information content (AvgIpc) is 3.03. The summed E-state index contributed by atoms with van der Waals surface area (Å²) in [4.78, 5) is 11.1. The minimum absolute atomic E-state index is 0.504. The standard InChI is InChI=1S/C19H22FN5O/c1-14-4-2-7-17-23-18(15-5-3-6-16(20)22-15)19(25(14)17)21-8-9-24-10-12-26-13-11-24/h2-7,21H,8-13H2,1H3. The first-order chi connectivity index (χ1) is 12.7. The molecule has 3 aromatic heterocycles. The molecule has 1 aliphatic rings. The number of fused-ring (bicyclic) bond motifs is 1. The van der Waals surface area contributed by atoms with Crippen molar-refractivity contribution in [1.29, 1.82) is 0 Å². The summed E-state index contributed by atoms with van der Waals surface area (Å²) in [6.45, 7) is 7.19. The zero-order chi connectivity index (χ0) is 17.9. The average molecular weight is 355 g/mol. The summed E-state index contributed by atoms with van der Waals surface area (Å²) < 4.78 is 21.1. The van der Waals surface area contributed by atoms with Crippen molar-refractivity contribution < 1.29 is 9.13 Å². The van der Waals surface area contributed by atoms with E-state index in [4.69, 9.17) is 4.74 Å². The third-order valence-corrected chi connectivity index (χ3v) is 4.62. The van der Waals surface area contributed by atoms with E-state index < -0.39 is 5.95 Å². The predicted octanol–water partition coefficient (Wildman–Crippen LogP) is 2.59. The lowest BCUT2D eigenvalue weighted by Crippen LogP contribution is -2.39. The van der Waals surface area contributed by atoms with Gasteiger partial charge in [0.15, 0.2) is 0 Å². The molecule has 3 aromatic rings. The summed E-state index contributed by atoms with van der Waals surface area (Å²) in [7, 11) is 0. The number of halogens is 1. The molecule has 0 unspecified atom stereocenters. The van der Waals surface area contributed by atoms with E-state index in [2.05, 4.69) is 24.6 Å². The number of anilines is 1. The van der Waals surface area contributed by atoms with E-state index in [0.29, 0.717) is 11.4 Å². The van der Waals surface area contributed by atoms with Crippen LogP contribution in [0.3, 0.4) is 0 Å². The lowest BCUT2D eigenvalue weighted by molar-refractivity contribution is 0.0398. The predicted molar refractivity (Wildman–Crippen MR) is 98.9 cm³/mol. The van der Waals surface area contributed by atoms with Crippen LogP contribution in [-0.2, 0) is 4.74 Å². The molecule has 0 atom stereocenters. The largest absolute Gasteiger partial charge is 0.379 e. The molecule has 0 radical (unpaired) electrons. The van der Waals surface area contributed by atoms with Crippen LogP contribution < -0.4 is 5.32 Å². The highest BCUT2D eigenvalue weighted by Crippen LogP contribution is 2.28. The Balaban J connectivity index is 1.65. The maximum absolute atomic E-state index is 13.6. The molecule has 0 saturated carbocycles. The normalized spacial score (nSPS) is 15.5. The van der Waals surface area contributed by atoms with Crippen molar-refractivity contribution in [3.63, 3.8) is 0 Å². The molecule has 136 valence electrons. The molecule has 0 spiro atoms. The Morgan fingerprint density at radius 3 is 2.73 bits per heavy atom. The number of imidazole rings is 1. The van der Waals surface area contributed by atoms with Crippen LogP contribution in [0.15, 0.2) is 36.4 Å². The van der Waals surface area contributed by atoms with Gasteiger partial charge in [-0.15, -0.1) is 0 Å². The minimum atomic E-state index is -0.504. The Labute approximate surface area is 151 Å². The summed E-state index contributed by atoms with van der Waals surface area (Å²) >= 11 is 0. The molecule has 0 aliphatic carbocycles. The first-order valence-electron chi connectivity index (χ1n) is 8.87. The molecule has 4 rings (SSSR count). The lowest BCUT2D eigenvalue weighted by atomic mass is 10.2. The number of ether oxygens (including phenoxy) is 1. The summed E-state index contributed by atoms with van der Waals surface area (Å²) in [5.41, 5.74) is 3.08. The number of nitrogens with one attached hydrogen (secondary N) is 1. The van der Waals surface area contributed by atoms with Crippen molar-refractivity contribution in [2.45, 2.75) is 6.92 Å². The van der Waals surface area contributed by atoms with Gasteiger partial charge in [-0.25, -0.2) is 9.97 Å². The summed E-state index contributed by atoms with van der Waals surface area (Å²) in [5.74, 6) is 0.347. The maximum atomic E-state index is 13.6. The molecule has 0 bridgehead atoms. The van der Waals surface area contributed by atoms with Gasteiger partial charge in [-0.3, -0.25) is 9.30 Å². The smallest absolute Gasteiger partial charge is 0.213 e. The number of hydrogen-bond acceptors (Lipinski definition) is 5. The minimum Gasteiger partial charge on any atom is -0.379 e. The van der Waals surface area contributed by atoms with Gasteiger partial charge in [-0.2, -0.15) is 4.39 Å². The molecule has 6 nitrogen and oxygen atoms in total. The third kappa shape index (κ3) is 3.40. The molecule has 4 heterocycles. The van der Waals surface area contributed by atoms with Crippen molar-refractivity contribution in [3.8, 4) is 11.4 Å². The van der Waals surface area contributed by atoms with Crippen LogP contribution in [0.2, 0.25) is 0 Å². The summed E-state index contributed by atoms with van der Waals surface area (Å²) in [6.07, 6.45) is 0. The van der Waals surface area contributed by atoms with E-state index in [0.717, 1.165) is 56.6 Å². The Bertz CT molecular complexity index is 904. The molecule has 0 aromatic carbocycles. The number of hydrogen-bond donors (Lipinski definition) is 1. The second-order valence-electron chi connectivity index (χ2n) is 6.40. The second-order valence-corrected chi connectivity index (χ2v) is 6.40. The van der Waals surface area contributed by atoms with E-state index in [1.54, 1.807) is 12.1 Å². The van der Waals surface area contributed by atoms with Crippen molar-refractivity contribution in [1.82, 2.24) is 19.3 Å². The SMILES string of the molecule is Cc1cccc2nc(-c3cccc(F)n3)c(NCCN3CCOCC3)n12. The third-order valence-electron chi connectivity index (χ3n) is 4.62. The quantitative estimate of drug-likeness (QED) is 0.713. The fraction of sp³-hybridized carbons (Fsp3) is 0.368. The topological polar surface area (TPSA) is 54.7 Å². The van der Waals surface area contributed by atoms with E-state index in [1.165, 1.54) is 6.07 Å². The van der Waals surface area contributed by atoms with Gasteiger partial charge in [0.05, 0.1) is 18.9 Å². The number of aromatic nitrogens is 3. The molecule has 0 amide bonds. The zero-order valence-electron chi connectivity index (χ0n) is 14.8. The highest BCUT2D eigenvalue weighted by atomic mass is 19.1. The van der Waals surface area contributed by atoms with Crippen molar-refractivity contribution in [3.05, 3.63) is 48.0 Å². The van der Waals surface area contributed by atoms with Crippen LogP contribution in [0.25, 0.3) is 17.0 Å². The fourth-order valence-corrected chi connectivity index (χ4v) is 3.29. The lowest BCUT2D eigenvalue weighted by Gasteiger charge is -2.26. The van der Waals surface area contributed by atoms with E-state index in [-0.39, 0.29) is 0 Å². The van der Waals surface area contributed by atoms with Crippen molar-refractivity contribution in [2.24, 2.45) is 0 Å². The second kappa shape index (κ2) is 7.39. The first-order valence-corrected chi connectivity index (χ1v) is 8.87. The van der Waals surface area contributed by atoms with E-state index in [1.807, 2.05) is 25.1 Å². The highest BCUT2D eigenvalue weighted by molar-refractivity contribution is 5.74. The van der Waals surface area contributed by atoms with Crippen LogP contribution in [0.4, 0.5) is 10.2 Å². The zero-order valence-corrected chi connectivity index (χ0v) is 14.8. The van der Waals surface area contributed by atoms with Crippen molar-refractivity contribution in [2.75, 3.05) is 44.7 Å². The Kier molecular flexibility index (Phi) is 4.81. The van der Waals surface area contributed by atoms with Gasteiger partial charge in [-0.05, 0) is 31.2 Å². The first kappa shape index (κ1) is 16.9. The molecular formula is C19H22FN5O.